The summed E-state index contributed by atoms with van der Waals surface area (Å²) in [4.78, 5) is -0.465. The molecule has 0 aliphatic rings. The first-order valence-electron chi connectivity index (χ1n) is 5.96. The number of benzene rings is 2. The molecule has 0 atom stereocenters. The molecule has 2 aromatic carbocycles. The third-order valence-electron chi connectivity index (χ3n) is 2.77. The molecular formula is C14H12FN3O2S. The molecule has 2 aromatic rings. The van der Waals surface area contributed by atoms with Crippen molar-refractivity contribution in [1.29, 1.82) is 5.26 Å². The number of rotatable bonds is 4. The van der Waals surface area contributed by atoms with Gasteiger partial charge >= 0.3 is 0 Å². The Morgan fingerprint density at radius 2 is 2.00 bits per heavy atom. The maximum absolute atomic E-state index is 13.6. The standard InChI is InChI=1S/C14H12FN3O2S/c15-13-7-12(17)4-5-14(13)21(19,20)18-9-11-3-1-2-10(6-11)8-16/h1-7,18H,9,17H2. The molecule has 5 nitrogen and oxygen atoms in total. The van der Waals surface area contributed by atoms with Crippen LogP contribution in [0, 0.1) is 17.1 Å². The van der Waals surface area contributed by atoms with Crippen LogP contribution in [0.15, 0.2) is 47.4 Å². The van der Waals surface area contributed by atoms with Gasteiger partial charge in [0, 0.05) is 12.2 Å². The third kappa shape index (κ3) is 3.56. The number of nitrogen functional groups attached to an aromatic ring is 1. The van der Waals surface area contributed by atoms with Crippen LogP contribution < -0.4 is 10.5 Å². The summed E-state index contributed by atoms with van der Waals surface area (Å²) in [6.07, 6.45) is 0. The molecule has 7 heteroatoms. The molecule has 0 heterocycles. The smallest absolute Gasteiger partial charge is 0.243 e. The summed E-state index contributed by atoms with van der Waals surface area (Å²) in [5, 5.41) is 8.78. The summed E-state index contributed by atoms with van der Waals surface area (Å²) >= 11 is 0. The van der Waals surface area contributed by atoms with E-state index in [2.05, 4.69) is 4.72 Å². The van der Waals surface area contributed by atoms with Crippen molar-refractivity contribution in [2.75, 3.05) is 5.73 Å². The fraction of sp³-hybridized carbons (Fsp3) is 0.0714. The Bertz CT molecular complexity index is 813. The van der Waals surface area contributed by atoms with Gasteiger partial charge in [-0.25, -0.2) is 17.5 Å². The fourth-order valence-corrected chi connectivity index (χ4v) is 2.82. The molecule has 0 aliphatic heterocycles. The van der Waals surface area contributed by atoms with Gasteiger partial charge in [0.1, 0.15) is 10.7 Å². The Balaban J connectivity index is 2.20. The number of nitrogens with two attached hydrogens (primary N) is 1. The molecule has 0 unspecified atom stereocenters. The highest BCUT2D eigenvalue weighted by Crippen LogP contribution is 2.17. The van der Waals surface area contributed by atoms with Crippen LogP contribution in [0.5, 0.6) is 0 Å². The second-order valence-electron chi connectivity index (χ2n) is 4.33. The van der Waals surface area contributed by atoms with E-state index in [-0.39, 0.29) is 12.2 Å². The predicted molar refractivity (Wildman–Crippen MR) is 76.0 cm³/mol. The normalized spacial score (nSPS) is 11.0. The minimum absolute atomic E-state index is 0.0400. The molecule has 0 bridgehead atoms. The van der Waals surface area contributed by atoms with E-state index in [0.717, 1.165) is 12.1 Å². The lowest BCUT2D eigenvalue weighted by Crippen LogP contribution is -2.24. The van der Waals surface area contributed by atoms with Crippen LogP contribution in [0.25, 0.3) is 0 Å². The van der Waals surface area contributed by atoms with Gasteiger partial charge in [0.15, 0.2) is 0 Å². The number of anilines is 1. The second-order valence-corrected chi connectivity index (χ2v) is 6.06. The van der Waals surface area contributed by atoms with Crippen LogP contribution in [0.1, 0.15) is 11.1 Å². The van der Waals surface area contributed by atoms with E-state index in [1.807, 2.05) is 6.07 Å². The van der Waals surface area contributed by atoms with Gasteiger partial charge in [-0.3, -0.25) is 0 Å². The van der Waals surface area contributed by atoms with Crippen molar-refractivity contribution in [1.82, 2.24) is 4.72 Å². The molecule has 0 radical (unpaired) electrons. The molecule has 3 N–H and O–H groups in total. The summed E-state index contributed by atoms with van der Waals surface area (Å²) < 4.78 is 40.0. The molecule has 21 heavy (non-hydrogen) atoms. The van der Waals surface area contributed by atoms with E-state index in [0.29, 0.717) is 11.1 Å². The lowest BCUT2D eigenvalue weighted by molar-refractivity contribution is 0.557. The molecule has 0 aliphatic carbocycles. The van der Waals surface area contributed by atoms with Gasteiger partial charge in [-0.1, -0.05) is 12.1 Å². The third-order valence-corrected chi connectivity index (χ3v) is 4.20. The van der Waals surface area contributed by atoms with Crippen molar-refractivity contribution < 1.29 is 12.8 Å². The second kappa shape index (κ2) is 5.91. The monoisotopic (exact) mass is 305 g/mol. The molecular weight excluding hydrogens is 293 g/mol. The Morgan fingerprint density at radius 3 is 2.67 bits per heavy atom. The maximum Gasteiger partial charge on any atom is 0.243 e. The first-order valence-corrected chi connectivity index (χ1v) is 7.44. The molecule has 0 aromatic heterocycles. The van der Waals surface area contributed by atoms with E-state index >= 15 is 0 Å². The number of nitrogens with zero attached hydrogens (tertiary/aromatic N) is 1. The molecule has 0 saturated carbocycles. The number of sulfonamides is 1. The van der Waals surface area contributed by atoms with Crippen LogP contribution in [0.4, 0.5) is 10.1 Å². The summed E-state index contributed by atoms with van der Waals surface area (Å²) in [5.74, 6) is -0.909. The van der Waals surface area contributed by atoms with Gasteiger partial charge in [-0.05, 0) is 35.9 Å². The van der Waals surface area contributed by atoms with Gasteiger partial charge < -0.3 is 5.73 Å². The predicted octanol–water partition coefficient (Wildman–Crippen LogP) is 1.76. The molecule has 2 rings (SSSR count). The van der Waals surface area contributed by atoms with Crippen LogP contribution in [-0.4, -0.2) is 8.42 Å². The Morgan fingerprint density at radius 1 is 1.24 bits per heavy atom. The number of hydrogen-bond acceptors (Lipinski definition) is 4. The van der Waals surface area contributed by atoms with E-state index in [1.165, 1.54) is 6.07 Å². The highest BCUT2D eigenvalue weighted by molar-refractivity contribution is 7.89. The lowest BCUT2D eigenvalue weighted by atomic mass is 10.1. The van der Waals surface area contributed by atoms with Gasteiger partial charge in [0.05, 0.1) is 11.6 Å². The Hall–Kier alpha value is -2.43. The zero-order chi connectivity index (χ0) is 15.5. The van der Waals surface area contributed by atoms with Crippen LogP contribution in [0.3, 0.4) is 0 Å². The van der Waals surface area contributed by atoms with Crippen molar-refractivity contribution in [3.63, 3.8) is 0 Å². The van der Waals surface area contributed by atoms with Gasteiger partial charge in [-0.2, -0.15) is 5.26 Å². The van der Waals surface area contributed by atoms with Gasteiger partial charge in [0.2, 0.25) is 10.0 Å². The Labute approximate surface area is 121 Å². The van der Waals surface area contributed by atoms with E-state index < -0.39 is 20.7 Å². The van der Waals surface area contributed by atoms with Crippen LogP contribution >= 0.6 is 0 Å². The molecule has 0 amide bonds. The summed E-state index contributed by atoms with van der Waals surface area (Å²) in [5.41, 5.74) is 6.56. The summed E-state index contributed by atoms with van der Waals surface area (Å²) in [6.45, 7) is -0.0400. The molecule has 0 fully saturated rings. The van der Waals surface area contributed by atoms with Gasteiger partial charge in [0.25, 0.3) is 0 Å². The quantitative estimate of drug-likeness (QED) is 0.841. The minimum Gasteiger partial charge on any atom is -0.399 e. The van der Waals surface area contributed by atoms with E-state index in [9.17, 15) is 12.8 Å². The average molecular weight is 305 g/mol. The fourth-order valence-electron chi connectivity index (χ4n) is 1.74. The topological polar surface area (TPSA) is 96.0 Å². The largest absolute Gasteiger partial charge is 0.399 e. The van der Waals surface area contributed by atoms with Crippen molar-refractivity contribution in [3.8, 4) is 6.07 Å². The van der Waals surface area contributed by atoms with E-state index in [1.54, 1.807) is 24.3 Å². The minimum atomic E-state index is -3.99. The average Bonchev–Trinajstić information content (AvgIpc) is 2.45. The molecule has 0 spiro atoms. The molecule has 0 saturated heterocycles. The summed E-state index contributed by atoms with van der Waals surface area (Å²) in [6, 6.07) is 11.8. The highest BCUT2D eigenvalue weighted by atomic mass is 32.2. The molecule has 108 valence electrons. The number of hydrogen-bond donors (Lipinski definition) is 2. The zero-order valence-corrected chi connectivity index (χ0v) is 11.7. The number of nitrogens with one attached hydrogen (secondary N) is 1. The SMILES string of the molecule is N#Cc1cccc(CNS(=O)(=O)c2ccc(N)cc2F)c1. The van der Waals surface area contributed by atoms with Crippen molar-refractivity contribution in [3.05, 3.63) is 59.4 Å². The first-order chi connectivity index (χ1) is 9.92. The zero-order valence-electron chi connectivity index (χ0n) is 10.9. The maximum atomic E-state index is 13.6. The van der Waals surface area contributed by atoms with Crippen molar-refractivity contribution in [2.24, 2.45) is 0 Å². The highest BCUT2D eigenvalue weighted by Gasteiger charge is 2.18. The van der Waals surface area contributed by atoms with E-state index in [4.69, 9.17) is 11.0 Å². The van der Waals surface area contributed by atoms with Crippen LogP contribution in [-0.2, 0) is 16.6 Å². The van der Waals surface area contributed by atoms with Crippen molar-refractivity contribution >= 4 is 15.7 Å². The van der Waals surface area contributed by atoms with Crippen molar-refractivity contribution in [2.45, 2.75) is 11.4 Å². The lowest BCUT2D eigenvalue weighted by Gasteiger charge is -2.08. The Kier molecular flexibility index (Phi) is 4.21. The van der Waals surface area contributed by atoms with Crippen LogP contribution in [0.2, 0.25) is 0 Å². The van der Waals surface area contributed by atoms with Gasteiger partial charge in [-0.15, -0.1) is 0 Å². The summed E-state index contributed by atoms with van der Waals surface area (Å²) in [7, 11) is -3.99. The number of halogens is 1. The first kappa shape index (κ1) is 15.0. The number of nitriles is 1.